The second kappa shape index (κ2) is 9.59. The Hall–Kier alpha value is -4.18. The smallest absolute Gasteiger partial charge is 0.407 e. The average molecular weight is 477 g/mol. The number of carboxylic acids is 1. The number of carboxylic acid groups (broad SMARTS) is 1. The van der Waals surface area contributed by atoms with Gasteiger partial charge < -0.3 is 29.3 Å². The molecule has 2 N–H and O–H groups in total. The van der Waals surface area contributed by atoms with Gasteiger partial charge in [-0.25, -0.2) is 9.59 Å². The van der Waals surface area contributed by atoms with Crippen LogP contribution in [-0.2, 0) is 20.8 Å². The highest BCUT2D eigenvalue weighted by atomic mass is 16.5. The minimum absolute atomic E-state index is 0.0393. The topological polar surface area (TPSA) is 131 Å². The van der Waals surface area contributed by atoms with E-state index >= 15 is 0 Å². The van der Waals surface area contributed by atoms with Crippen LogP contribution in [0.3, 0.4) is 0 Å². The Bertz CT molecular complexity index is 1230. The number of carbonyl (C=O) groups excluding carboxylic acids is 2. The number of amides is 2. The van der Waals surface area contributed by atoms with Crippen molar-refractivity contribution >= 4 is 18.0 Å². The molecule has 2 aliphatic rings. The lowest BCUT2D eigenvalue weighted by atomic mass is 9.98. The summed E-state index contributed by atoms with van der Waals surface area (Å²) in [5, 5.41) is 15.6. The van der Waals surface area contributed by atoms with E-state index in [2.05, 4.69) is 22.6 Å². The molecule has 1 saturated heterocycles. The van der Waals surface area contributed by atoms with Crippen molar-refractivity contribution in [2.45, 2.75) is 18.5 Å². The number of rotatable bonds is 6. The number of nitrogens with one attached hydrogen (secondary N) is 1. The van der Waals surface area contributed by atoms with Gasteiger partial charge in [0.15, 0.2) is 17.5 Å². The molecule has 35 heavy (non-hydrogen) atoms. The monoisotopic (exact) mass is 477 g/mol. The molecular formula is C25H23N3O7. The standard InChI is InChI=1S/C25H23N3O7/c29-23(28-9-10-33-14-22(28)24(30)31)21-11-15(35-27-21)12-26-25(32)34-13-20-18-7-3-1-5-16(18)17-6-2-4-8-19(17)20/h1-8,11,20,22H,9-10,12-14H2,(H,26,32)(H,30,31). The largest absolute Gasteiger partial charge is 0.480 e. The summed E-state index contributed by atoms with van der Waals surface area (Å²) in [5.41, 5.74) is 4.47. The van der Waals surface area contributed by atoms with Crippen LogP contribution in [0.4, 0.5) is 4.79 Å². The predicted octanol–water partition coefficient (Wildman–Crippen LogP) is 2.64. The van der Waals surface area contributed by atoms with Crippen molar-refractivity contribution in [2.75, 3.05) is 26.4 Å². The lowest BCUT2D eigenvalue weighted by molar-refractivity contribution is -0.147. The van der Waals surface area contributed by atoms with Gasteiger partial charge in [-0.05, 0) is 22.3 Å². The third-order valence-corrected chi connectivity index (χ3v) is 6.20. The first kappa shape index (κ1) is 22.6. The van der Waals surface area contributed by atoms with E-state index in [9.17, 15) is 19.5 Å². The van der Waals surface area contributed by atoms with Crippen molar-refractivity contribution in [1.29, 1.82) is 0 Å². The normalized spacial score (nSPS) is 16.9. The Morgan fingerprint density at radius 2 is 1.77 bits per heavy atom. The zero-order valence-corrected chi connectivity index (χ0v) is 18.7. The summed E-state index contributed by atoms with van der Waals surface area (Å²) in [7, 11) is 0. The molecule has 2 aromatic carbocycles. The van der Waals surface area contributed by atoms with Gasteiger partial charge in [0.1, 0.15) is 6.61 Å². The Balaban J connectivity index is 1.17. The molecule has 1 aliphatic heterocycles. The maximum Gasteiger partial charge on any atom is 0.407 e. The van der Waals surface area contributed by atoms with Crippen LogP contribution in [0, 0.1) is 0 Å². The van der Waals surface area contributed by atoms with E-state index in [-0.39, 0.29) is 50.3 Å². The van der Waals surface area contributed by atoms with Crippen LogP contribution in [-0.4, -0.2) is 65.5 Å². The molecule has 0 saturated carbocycles. The van der Waals surface area contributed by atoms with Crippen molar-refractivity contribution < 1.29 is 33.5 Å². The van der Waals surface area contributed by atoms with Crippen LogP contribution >= 0.6 is 0 Å². The van der Waals surface area contributed by atoms with Crippen molar-refractivity contribution in [3.8, 4) is 11.1 Å². The van der Waals surface area contributed by atoms with Crippen LogP contribution in [0.5, 0.6) is 0 Å². The molecule has 1 atom stereocenters. The summed E-state index contributed by atoms with van der Waals surface area (Å²) in [5.74, 6) is -1.55. The highest BCUT2D eigenvalue weighted by Gasteiger charge is 2.34. The Morgan fingerprint density at radius 3 is 2.46 bits per heavy atom. The van der Waals surface area contributed by atoms with Crippen molar-refractivity contribution in [3.63, 3.8) is 0 Å². The number of aliphatic carboxylic acids is 1. The van der Waals surface area contributed by atoms with E-state index in [0.717, 1.165) is 22.3 Å². The van der Waals surface area contributed by atoms with Gasteiger partial charge in [-0.3, -0.25) is 4.79 Å². The molecule has 3 aromatic rings. The first-order chi connectivity index (χ1) is 17.0. The maximum atomic E-state index is 12.7. The Labute approximate surface area is 200 Å². The number of fused-ring (bicyclic) bond motifs is 3. The predicted molar refractivity (Wildman–Crippen MR) is 122 cm³/mol. The van der Waals surface area contributed by atoms with Crippen LogP contribution in [0.2, 0.25) is 0 Å². The van der Waals surface area contributed by atoms with Crippen LogP contribution < -0.4 is 5.32 Å². The molecule has 10 nitrogen and oxygen atoms in total. The van der Waals surface area contributed by atoms with Gasteiger partial charge in [-0.15, -0.1) is 0 Å². The van der Waals surface area contributed by atoms with Crippen molar-refractivity contribution in [1.82, 2.24) is 15.4 Å². The minimum Gasteiger partial charge on any atom is -0.480 e. The molecule has 1 aliphatic carbocycles. The number of hydrogen-bond acceptors (Lipinski definition) is 7. The van der Waals surface area contributed by atoms with Gasteiger partial charge in [0.05, 0.1) is 19.8 Å². The van der Waals surface area contributed by atoms with Crippen LogP contribution in [0.1, 0.15) is 33.3 Å². The van der Waals surface area contributed by atoms with Crippen LogP contribution in [0.15, 0.2) is 59.1 Å². The zero-order chi connectivity index (χ0) is 24.4. The van der Waals surface area contributed by atoms with Gasteiger partial charge in [0.25, 0.3) is 5.91 Å². The number of carbonyl (C=O) groups is 3. The molecule has 2 heterocycles. The highest BCUT2D eigenvalue weighted by Crippen LogP contribution is 2.44. The van der Waals surface area contributed by atoms with Crippen molar-refractivity contribution in [3.05, 3.63) is 77.2 Å². The molecule has 2 amide bonds. The number of alkyl carbamates (subject to hydrolysis) is 1. The molecular weight excluding hydrogens is 454 g/mol. The quantitative estimate of drug-likeness (QED) is 0.554. The van der Waals surface area contributed by atoms with E-state index in [0.29, 0.717) is 0 Å². The number of morpholine rings is 1. The number of ether oxygens (including phenoxy) is 2. The molecule has 1 unspecified atom stereocenters. The molecule has 0 radical (unpaired) electrons. The number of aromatic nitrogens is 1. The van der Waals surface area contributed by atoms with E-state index in [1.807, 2.05) is 36.4 Å². The Kier molecular flexibility index (Phi) is 6.19. The lowest BCUT2D eigenvalue weighted by Crippen LogP contribution is -2.52. The first-order valence-electron chi connectivity index (χ1n) is 11.2. The fourth-order valence-corrected chi connectivity index (χ4v) is 4.50. The maximum absolute atomic E-state index is 12.7. The SMILES string of the molecule is O=C(NCc1cc(C(=O)N2CCOCC2C(=O)O)no1)OCC1c2ccccc2-c2ccccc21. The number of hydrogen-bond donors (Lipinski definition) is 2. The summed E-state index contributed by atoms with van der Waals surface area (Å²) in [4.78, 5) is 37.6. The van der Waals surface area contributed by atoms with Crippen LogP contribution in [0.25, 0.3) is 11.1 Å². The minimum atomic E-state index is -1.15. The molecule has 1 aromatic heterocycles. The van der Waals surface area contributed by atoms with Gasteiger partial charge in [0.2, 0.25) is 0 Å². The van der Waals surface area contributed by atoms with Gasteiger partial charge in [0, 0.05) is 18.5 Å². The van der Waals surface area contributed by atoms with E-state index < -0.39 is 24.0 Å². The summed E-state index contributed by atoms with van der Waals surface area (Å²) in [6.07, 6.45) is -0.629. The summed E-state index contributed by atoms with van der Waals surface area (Å²) in [6.45, 7) is 0.421. The van der Waals surface area contributed by atoms with E-state index in [1.165, 1.54) is 11.0 Å². The molecule has 0 spiro atoms. The first-order valence-corrected chi connectivity index (χ1v) is 11.2. The second-order valence-corrected chi connectivity index (χ2v) is 8.29. The van der Waals surface area contributed by atoms with E-state index in [4.69, 9.17) is 14.0 Å². The lowest BCUT2D eigenvalue weighted by Gasteiger charge is -2.32. The molecule has 10 heteroatoms. The average Bonchev–Trinajstić information content (AvgIpc) is 3.49. The summed E-state index contributed by atoms with van der Waals surface area (Å²) in [6, 6.07) is 16.4. The fraction of sp³-hybridized carbons (Fsp3) is 0.280. The van der Waals surface area contributed by atoms with Crippen molar-refractivity contribution in [2.24, 2.45) is 0 Å². The molecule has 1 fully saturated rings. The summed E-state index contributed by atoms with van der Waals surface area (Å²) < 4.78 is 15.8. The Morgan fingerprint density at radius 1 is 1.09 bits per heavy atom. The third kappa shape index (κ3) is 4.47. The highest BCUT2D eigenvalue weighted by molar-refractivity contribution is 5.95. The van der Waals surface area contributed by atoms with Gasteiger partial charge in [-0.2, -0.15) is 0 Å². The molecule has 5 rings (SSSR count). The molecule has 0 bridgehead atoms. The number of nitrogens with zero attached hydrogens (tertiary/aromatic N) is 2. The third-order valence-electron chi connectivity index (χ3n) is 6.20. The van der Waals surface area contributed by atoms with Gasteiger partial charge >= 0.3 is 12.1 Å². The second-order valence-electron chi connectivity index (χ2n) is 8.29. The van der Waals surface area contributed by atoms with E-state index in [1.54, 1.807) is 0 Å². The fourth-order valence-electron chi connectivity index (χ4n) is 4.50. The van der Waals surface area contributed by atoms with Gasteiger partial charge in [-0.1, -0.05) is 53.7 Å². The molecule has 180 valence electrons. The zero-order valence-electron chi connectivity index (χ0n) is 18.7. The number of benzene rings is 2. The summed E-state index contributed by atoms with van der Waals surface area (Å²) >= 11 is 0.